The summed E-state index contributed by atoms with van der Waals surface area (Å²) in [5.74, 6) is -5.04. The van der Waals surface area contributed by atoms with E-state index in [4.69, 9.17) is 5.73 Å². The molecule has 1 amide bonds. The molecule has 3 rings (SSSR count). The van der Waals surface area contributed by atoms with Crippen molar-refractivity contribution in [3.05, 3.63) is 47.5 Å². The third-order valence-electron chi connectivity index (χ3n) is 4.49. The largest absolute Gasteiger partial charge is 0.419 e. The first-order valence-electron chi connectivity index (χ1n) is 8.36. The summed E-state index contributed by atoms with van der Waals surface area (Å²) in [4.78, 5) is 20.4. The minimum atomic E-state index is -4.63. The molecule has 1 saturated heterocycles. The molecular weight excluding hydrogens is 404 g/mol. The van der Waals surface area contributed by atoms with Crippen molar-refractivity contribution in [3.63, 3.8) is 0 Å². The predicted octanol–water partition coefficient (Wildman–Crippen LogP) is 3.18. The zero-order valence-corrected chi connectivity index (χ0v) is 14.7. The van der Waals surface area contributed by atoms with Crippen molar-refractivity contribution in [2.45, 2.75) is 24.6 Å². The molecule has 0 bridgehead atoms. The number of rotatable bonds is 4. The molecule has 2 heterocycles. The Kier molecular flexibility index (Phi) is 5.28. The molecule has 156 valence electrons. The number of anilines is 2. The normalized spacial score (nSPS) is 18.7. The van der Waals surface area contributed by atoms with E-state index in [1.165, 1.54) is 0 Å². The second-order valence-corrected chi connectivity index (χ2v) is 6.43. The average Bonchev–Trinajstić information content (AvgIpc) is 2.93. The summed E-state index contributed by atoms with van der Waals surface area (Å²) in [7, 11) is 0. The Labute approximate surface area is 160 Å². The number of carbonyl (C=O) groups excluding carboxylic acids is 1. The number of hydrogen-bond acceptors (Lipinski definition) is 5. The fraction of sp³-hybridized carbons (Fsp3) is 0.353. The van der Waals surface area contributed by atoms with E-state index in [1.54, 1.807) is 0 Å². The summed E-state index contributed by atoms with van der Waals surface area (Å²) >= 11 is 0. The Balaban J connectivity index is 1.76. The fourth-order valence-electron chi connectivity index (χ4n) is 2.96. The van der Waals surface area contributed by atoms with Crippen LogP contribution in [0.15, 0.2) is 30.6 Å². The number of halogens is 6. The van der Waals surface area contributed by atoms with Crippen molar-refractivity contribution < 1.29 is 31.1 Å². The Morgan fingerprint density at radius 3 is 2.52 bits per heavy atom. The number of nitrogens with one attached hydrogen (secondary N) is 1. The number of nitrogens with two attached hydrogens (primary N) is 1. The lowest BCUT2D eigenvalue weighted by atomic mass is 10.1. The van der Waals surface area contributed by atoms with E-state index in [1.807, 2.05) is 0 Å². The van der Waals surface area contributed by atoms with Gasteiger partial charge in [0.2, 0.25) is 5.95 Å². The molecule has 1 fully saturated rings. The van der Waals surface area contributed by atoms with E-state index >= 15 is 0 Å². The third-order valence-corrected chi connectivity index (χ3v) is 4.49. The molecule has 1 atom stereocenters. The summed E-state index contributed by atoms with van der Waals surface area (Å²) in [5, 5.41) is 2.43. The van der Waals surface area contributed by atoms with Gasteiger partial charge in [0.05, 0.1) is 11.1 Å². The fourth-order valence-corrected chi connectivity index (χ4v) is 2.96. The molecule has 0 radical (unpaired) electrons. The highest BCUT2D eigenvalue weighted by molar-refractivity contribution is 5.99. The van der Waals surface area contributed by atoms with E-state index < -0.39 is 48.4 Å². The van der Waals surface area contributed by atoms with Gasteiger partial charge in [-0.05, 0) is 18.2 Å². The number of benzene rings is 1. The van der Waals surface area contributed by atoms with Crippen LogP contribution in [0.2, 0.25) is 0 Å². The van der Waals surface area contributed by atoms with Crippen LogP contribution in [-0.2, 0) is 6.18 Å². The van der Waals surface area contributed by atoms with Gasteiger partial charge >= 0.3 is 6.18 Å². The Hall–Kier alpha value is -3.05. The SMILES string of the molecule is Nc1cc(F)ccc1C(=O)N1CCC(F)(F)[C@H]1CNc1ncc(C(F)(F)F)cn1. The zero-order chi connectivity index (χ0) is 21.4. The van der Waals surface area contributed by atoms with Crippen LogP contribution in [0.5, 0.6) is 0 Å². The molecule has 0 unspecified atom stereocenters. The van der Waals surface area contributed by atoms with Crippen molar-refractivity contribution in [2.24, 2.45) is 0 Å². The standard InChI is InChI=1S/C17H15F6N5O/c18-10-1-2-11(12(24)5-10)14(29)28-4-3-16(19,20)13(28)8-27-15-25-6-9(7-26-15)17(21,22)23/h1-2,5-7,13H,3-4,8,24H2,(H,25,26,27)/t13-/m1/s1. The lowest BCUT2D eigenvalue weighted by Gasteiger charge is -2.28. The van der Waals surface area contributed by atoms with Gasteiger partial charge in [0, 0.05) is 37.6 Å². The van der Waals surface area contributed by atoms with Gasteiger partial charge in [0.25, 0.3) is 11.8 Å². The molecule has 1 aromatic carbocycles. The van der Waals surface area contributed by atoms with Crippen molar-refractivity contribution in [2.75, 3.05) is 24.1 Å². The smallest absolute Gasteiger partial charge is 0.398 e. The van der Waals surface area contributed by atoms with Crippen molar-refractivity contribution >= 4 is 17.5 Å². The molecule has 0 spiro atoms. The molecule has 1 aliphatic heterocycles. The summed E-state index contributed by atoms with van der Waals surface area (Å²) in [6.45, 7) is -0.784. The molecule has 3 N–H and O–H groups in total. The van der Waals surface area contributed by atoms with Crippen LogP contribution in [0.25, 0.3) is 0 Å². The molecule has 29 heavy (non-hydrogen) atoms. The number of likely N-dealkylation sites (tertiary alicyclic amines) is 1. The van der Waals surface area contributed by atoms with Crippen molar-refractivity contribution in [1.82, 2.24) is 14.9 Å². The zero-order valence-electron chi connectivity index (χ0n) is 14.7. The highest BCUT2D eigenvalue weighted by Crippen LogP contribution is 2.35. The Morgan fingerprint density at radius 1 is 1.28 bits per heavy atom. The minimum Gasteiger partial charge on any atom is -0.398 e. The maximum Gasteiger partial charge on any atom is 0.419 e. The van der Waals surface area contributed by atoms with Crippen LogP contribution in [0.4, 0.5) is 38.0 Å². The van der Waals surface area contributed by atoms with Gasteiger partial charge in [-0.25, -0.2) is 23.1 Å². The van der Waals surface area contributed by atoms with Gasteiger partial charge < -0.3 is 16.0 Å². The van der Waals surface area contributed by atoms with Crippen molar-refractivity contribution in [3.8, 4) is 0 Å². The lowest BCUT2D eigenvalue weighted by Crippen LogP contribution is -2.47. The maximum atomic E-state index is 14.3. The number of hydrogen-bond donors (Lipinski definition) is 2. The molecule has 0 aliphatic carbocycles. The van der Waals surface area contributed by atoms with E-state index in [2.05, 4.69) is 15.3 Å². The molecule has 6 nitrogen and oxygen atoms in total. The van der Waals surface area contributed by atoms with Gasteiger partial charge in [-0.1, -0.05) is 0 Å². The van der Waals surface area contributed by atoms with Crippen LogP contribution in [0.1, 0.15) is 22.3 Å². The molecule has 1 aliphatic rings. The maximum absolute atomic E-state index is 14.3. The van der Waals surface area contributed by atoms with Gasteiger partial charge in [-0.15, -0.1) is 0 Å². The van der Waals surface area contributed by atoms with E-state index in [0.717, 1.165) is 23.1 Å². The molecule has 2 aromatic rings. The average molecular weight is 419 g/mol. The monoisotopic (exact) mass is 419 g/mol. The van der Waals surface area contributed by atoms with Crippen LogP contribution in [0, 0.1) is 5.82 Å². The van der Waals surface area contributed by atoms with E-state index in [0.29, 0.717) is 12.4 Å². The van der Waals surface area contributed by atoms with Gasteiger partial charge in [-0.3, -0.25) is 4.79 Å². The summed E-state index contributed by atoms with van der Waals surface area (Å²) in [5.41, 5.74) is 4.21. The molecule has 12 heteroatoms. The summed E-state index contributed by atoms with van der Waals surface area (Å²) in [6.07, 6.45) is -4.20. The molecular formula is C17H15F6N5O. The van der Waals surface area contributed by atoms with Crippen LogP contribution >= 0.6 is 0 Å². The highest BCUT2D eigenvalue weighted by atomic mass is 19.4. The first-order valence-corrected chi connectivity index (χ1v) is 8.36. The van der Waals surface area contributed by atoms with Gasteiger partial charge in [0.1, 0.15) is 11.9 Å². The second kappa shape index (κ2) is 7.41. The number of alkyl halides is 5. The third kappa shape index (κ3) is 4.35. The second-order valence-electron chi connectivity index (χ2n) is 6.43. The number of carbonyl (C=O) groups is 1. The van der Waals surface area contributed by atoms with E-state index in [-0.39, 0.29) is 23.7 Å². The number of nitrogens with zero attached hydrogens (tertiary/aromatic N) is 3. The molecule has 0 saturated carbocycles. The summed E-state index contributed by atoms with van der Waals surface area (Å²) in [6, 6.07) is 1.38. The van der Waals surface area contributed by atoms with E-state index in [9.17, 15) is 31.1 Å². The topological polar surface area (TPSA) is 84.1 Å². The summed E-state index contributed by atoms with van der Waals surface area (Å²) < 4.78 is 79.4. The molecule has 1 aromatic heterocycles. The van der Waals surface area contributed by atoms with Gasteiger partial charge in [-0.2, -0.15) is 13.2 Å². The Bertz CT molecular complexity index is 902. The van der Waals surface area contributed by atoms with Crippen LogP contribution in [-0.4, -0.2) is 45.8 Å². The predicted molar refractivity (Wildman–Crippen MR) is 90.7 cm³/mol. The highest BCUT2D eigenvalue weighted by Gasteiger charge is 2.50. The van der Waals surface area contributed by atoms with Crippen LogP contribution in [0.3, 0.4) is 0 Å². The number of aromatic nitrogens is 2. The van der Waals surface area contributed by atoms with Crippen LogP contribution < -0.4 is 11.1 Å². The van der Waals surface area contributed by atoms with Crippen molar-refractivity contribution in [1.29, 1.82) is 0 Å². The van der Waals surface area contributed by atoms with Gasteiger partial charge in [0.15, 0.2) is 0 Å². The lowest BCUT2D eigenvalue weighted by molar-refractivity contribution is -0.138. The first kappa shape index (κ1) is 20.7. The Morgan fingerprint density at radius 2 is 1.93 bits per heavy atom. The number of nitrogen functional groups attached to an aromatic ring is 1. The minimum absolute atomic E-state index is 0.125. The quantitative estimate of drug-likeness (QED) is 0.588. The number of amides is 1. The first-order chi connectivity index (χ1) is 13.5.